The lowest BCUT2D eigenvalue weighted by atomic mass is 9.81. The number of benzene rings is 10. The van der Waals surface area contributed by atoms with Crippen LogP contribution < -0.4 is 0 Å². The summed E-state index contributed by atoms with van der Waals surface area (Å²) in [5.74, 6) is 0. The van der Waals surface area contributed by atoms with E-state index < -0.39 is 0 Å². The summed E-state index contributed by atoms with van der Waals surface area (Å²) in [5.41, 5.74) is 10.9. The van der Waals surface area contributed by atoms with Gasteiger partial charge in [0, 0.05) is 32.7 Å². The SMILES string of the molecule is c1ccc(-c2cccc(-c3c(-c4ccccc4)c4cc5c(-c6nncc7ccccc67)c6ccccc6c(-c6nncc7ccccc67)c5cc4c4ccccc34)c2)cc1. The first-order chi connectivity index (χ1) is 29.8. The Bertz CT molecular complexity index is 3640. The molecule has 4 heteroatoms. The summed E-state index contributed by atoms with van der Waals surface area (Å²) in [5, 5.41) is 32.3. The Balaban J connectivity index is 1.32. The van der Waals surface area contributed by atoms with Gasteiger partial charge >= 0.3 is 0 Å². The standard InChI is InChI=1S/C56H34N4/c1-3-16-35(17-4-1)37-22-15-23-38(30-37)52-44-27-12-11-26-43(44)47-31-49-50(32-48(47)51(52)36-18-5-2-6-19-36)54(56-42-25-10-8-21-40(42)34-58-60-56)46-29-14-13-28-45(46)53(49)55-41-24-9-7-20-39(41)33-57-59-55/h1-34H. The van der Waals surface area contributed by atoms with Crippen LogP contribution in [0.15, 0.2) is 207 Å². The van der Waals surface area contributed by atoms with E-state index in [1.165, 1.54) is 44.0 Å². The van der Waals surface area contributed by atoms with Gasteiger partial charge < -0.3 is 0 Å². The summed E-state index contributed by atoms with van der Waals surface area (Å²) in [4.78, 5) is 0. The highest BCUT2D eigenvalue weighted by atomic mass is 15.1. The molecular formula is C56H34N4. The zero-order valence-corrected chi connectivity index (χ0v) is 32.4. The lowest BCUT2D eigenvalue weighted by molar-refractivity contribution is 1.06. The fourth-order valence-electron chi connectivity index (χ4n) is 9.48. The van der Waals surface area contributed by atoms with Crippen LogP contribution in [-0.2, 0) is 0 Å². The number of hydrogen-bond acceptors (Lipinski definition) is 4. The summed E-state index contributed by atoms with van der Waals surface area (Å²) < 4.78 is 0. The highest BCUT2D eigenvalue weighted by molar-refractivity contribution is 6.30. The molecule has 4 nitrogen and oxygen atoms in total. The van der Waals surface area contributed by atoms with Gasteiger partial charge in [-0.15, -0.1) is 10.2 Å². The molecule has 12 rings (SSSR count). The van der Waals surface area contributed by atoms with Gasteiger partial charge in [-0.2, -0.15) is 10.2 Å². The predicted molar refractivity (Wildman–Crippen MR) is 250 cm³/mol. The summed E-state index contributed by atoms with van der Waals surface area (Å²) in [6.07, 6.45) is 3.71. The van der Waals surface area contributed by atoms with Crippen LogP contribution in [0.25, 0.3) is 121 Å². The van der Waals surface area contributed by atoms with Gasteiger partial charge in [0.15, 0.2) is 0 Å². The molecule has 278 valence electrons. The highest BCUT2D eigenvalue weighted by Crippen LogP contribution is 2.51. The lowest BCUT2D eigenvalue weighted by Gasteiger charge is -2.22. The molecule has 10 aromatic carbocycles. The van der Waals surface area contributed by atoms with E-state index in [0.29, 0.717) is 0 Å². The molecule has 0 fully saturated rings. The quantitative estimate of drug-likeness (QED) is 0.129. The Kier molecular flexibility index (Phi) is 7.82. The molecular weight excluding hydrogens is 729 g/mol. The van der Waals surface area contributed by atoms with Gasteiger partial charge in [-0.1, -0.05) is 176 Å². The fourth-order valence-corrected chi connectivity index (χ4v) is 9.48. The average Bonchev–Trinajstić information content (AvgIpc) is 3.32. The van der Waals surface area contributed by atoms with Crippen molar-refractivity contribution in [2.75, 3.05) is 0 Å². The Labute approximate surface area is 346 Å². The van der Waals surface area contributed by atoms with E-state index in [-0.39, 0.29) is 0 Å². The molecule has 0 saturated carbocycles. The molecule has 12 aromatic rings. The largest absolute Gasteiger partial charge is 0.158 e. The molecule has 0 atom stereocenters. The van der Waals surface area contributed by atoms with Crippen LogP contribution >= 0.6 is 0 Å². The van der Waals surface area contributed by atoms with Crippen molar-refractivity contribution in [1.82, 2.24) is 20.4 Å². The van der Waals surface area contributed by atoms with E-state index in [9.17, 15) is 0 Å². The van der Waals surface area contributed by atoms with Crippen LogP contribution in [0.2, 0.25) is 0 Å². The molecule has 0 aliphatic heterocycles. The van der Waals surface area contributed by atoms with Gasteiger partial charge in [0.05, 0.1) is 12.4 Å². The Hall–Kier alpha value is -8.08. The van der Waals surface area contributed by atoms with Gasteiger partial charge in [-0.25, -0.2) is 0 Å². The van der Waals surface area contributed by atoms with Gasteiger partial charge in [0.2, 0.25) is 0 Å². The molecule has 0 amide bonds. The first-order valence-corrected chi connectivity index (χ1v) is 20.3. The number of aromatic nitrogens is 4. The van der Waals surface area contributed by atoms with Crippen LogP contribution in [0.4, 0.5) is 0 Å². The van der Waals surface area contributed by atoms with Crippen molar-refractivity contribution in [2.45, 2.75) is 0 Å². The molecule has 2 heterocycles. The van der Waals surface area contributed by atoms with Crippen molar-refractivity contribution in [1.29, 1.82) is 0 Å². The number of fused-ring (bicyclic) bond motifs is 7. The smallest absolute Gasteiger partial charge is 0.102 e. The molecule has 0 aliphatic carbocycles. The van der Waals surface area contributed by atoms with E-state index >= 15 is 0 Å². The zero-order chi connectivity index (χ0) is 39.6. The summed E-state index contributed by atoms with van der Waals surface area (Å²) >= 11 is 0. The third kappa shape index (κ3) is 5.32. The third-order valence-electron chi connectivity index (χ3n) is 12.1. The minimum atomic E-state index is 0.849. The van der Waals surface area contributed by atoms with Crippen molar-refractivity contribution in [3.05, 3.63) is 207 Å². The Morgan fingerprint density at radius 1 is 0.233 bits per heavy atom. The maximum atomic E-state index is 4.97. The van der Waals surface area contributed by atoms with Crippen LogP contribution in [0.3, 0.4) is 0 Å². The zero-order valence-electron chi connectivity index (χ0n) is 32.4. The first kappa shape index (κ1) is 34.0. The normalized spacial score (nSPS) is 11.7. The minimum absolute atomic E-state index is 0.849. The molecule has 0 spiro atoms. The molecule has 2 aromatic heterocycles. The first-order valence-electron chi connectivity index (χ1n) is 20.3. The molecule has 60 heavy (non-hydrogen) atoms. The van der Waals surface area contributed by atoms with Gasteiger partial charge in [0.1, 0.15) is 11.4 Å². The van der Waals surface area contributed by atoms with Crippen molar-refractivity contribution in [3.8, 4) is 55.9 Å². The van der Waals surface area contributed by atoms with E-state index in [1.54, 1.807) is 0 Å². The predicted octanol–water partition coefficient (Wildman–Crippen LogP) is 14.5. The molecule has 0 saturated heterocycles. The average molecular weight is 763 g/mol. The summed E-state index contributed by atoms with van der Waals surface area (Å²) in [6, 6.07) is 69.7. The second kappa shape index (κ2) is 13.8. The van der Waals surface area contributed by atoms with Crippen molar-refractivity contribution >= 4 is 64.6 Å². The molecule has 0 bridgehead atoms. The Morgan fingerprint density at radius 2 is 0.633 bits per heavy atom. The van der Waals surface area contributed by atoms with E-state index in [0.717, 1.165) is 76.6 Å². The maximum absolute atomic E-state index is 4.97. The van der Waals surface area contributed by atoms with E-state index in [2.05, 4.69) is 204 Å². The minimum Gasteiger partial charge on any atom is -0.158 e. The highest BCUT2D eigenvalue weighted by Gasteiger charge is 2.25. The van der Waals surface area contributed by atoms with Crippen molar-refractivity contribution in [3.63, 3.8) is 0 Å². The molecule has 0 aliphatic rings. The monoisotopic (exact) mass is 762 g/mol. The van der Waals surface area contributed by atoms with Crippen LogP contribution in [0.5, 0.6) is 0 Å². The second-order valence-corrected chi connectivity index (χ2v) is 15.4. The van der Waals surface area contributed by atoms with Gasteiger partial charge in [0.25, 0.3) is 0 Å². The fraction of sp³-hybridized carbons (Fsp3) is 0. The number of nitrogens with zero attached hydrogens (tertiary/aromatic N) is 4. The van der Waals surface area contributed by atoms with Crippen molar-refractivity contribution < 1.29 is 0 Å². The van der Waals surface area contributed by atoms with E-state index in [1.807, 2.05) is 12.4 Å². The van der Waals surface area contributed by atoms with Gasteiger partial charge in [-0.05, 0) is 94.7 Å². The maximum Gasteiger partial charge on any atom is 0.102 e. The molecule has 0 radical (unpaired) electrons. The van der Waals surface area contributed by atoms with Crippen LogP contribution in [0.1, 0.15) is 0 Å². The van der Waals surface area contributed by atoms with Crippen LogP contribution in [-0.4, -0.2) is 20.4 Å². The summed E-state index contributed by atoms with van der Waals surface area (Å²) in [6.45, 7) is 0. The Morgan fingerprint density at radius 3 is 1.22 bits per heavy atom. The number of hydrogen-bond donors (Lipinski definition) is 0. The topological polar surface area (TPSA) is 51.6 Å². The van der Waals surface area contributed by atoms with E-state index in [4.69, 9.17) is 10.2 Å². The van der Waals surface area contributed by atoms with Crippen molar-refractivity contribution in [2.24, 2.45) is 0 Å². The van der Waals surface area contributed by atoms with Crippen LogP contribution in [0, 0.1) is 0 Å². The lowest BCUT2D eigenvalue weighted by Crippen LogP contribution is -1.98. The second-order valence-electron chi connectivity index (χ2n) is 15.4. The summed E-state index contributed by atoms with van der Waals surface area (Å²) in [7, 11) is 0. The molecule has 0 unspecified atom stereocenters. The molecule has 0 N–H and O–H groups in total. The van der Waals surface area contributed by atoms with Gasteiger partial charge in [-0.3, -0.25) is 0 Å². The third-order valence-corrected chi connectivity index (χ3v) is 12.1. The number of rotatable bonds is 5.